The van der Waals surface area contributed by atoms with Crippen molar-refractivity contribution in [2.24, 2.45) is 0 Å². The number of halogens is 1. The standard InChI is InChI=1S/C13H18ClN3O/c1-3-6-15-11-10(14)7-9(8-16-11)12(18)17-13(2)4-5-13/h7-8H,3-6H2,1-2H3,(H,15,16)(H,17,18). The number of nitrogens with one attached hydrogen (secondary N) is 2. The minimum Gasteiger partial charge on any atom is -0.369 e. The normalized spacial score (nSPS) is 16.2. The van der Waals surface area contributed by atoms with Crippen LogP contribution in [0.15, 0.2) is 12.3 Å². The molecule has 2 rings (SSSR count). The molecule has 0 unspecified atom stereocenters. The van der Waals surface area contributed by atoms with E-state index < -0.39 is 0 Å². The highest BCUT2D eigenvalue weighted by molar-refractivity contribution is 6.33. The zero-order valence-electron chi connectivity index (χ0n) is 10.7. The molecule has 0 aromatic carbocycles. The SMILES string of the molecule is CCCNc1ncc(C(=O)NC2(C)CC2)cc1Cl. The van der Waals surface area contributed by atoms with Gasteiger partial charge in [0.25, 0.3) is 5.91 Å². The Kier molecular flexibility index (Phi) is 3.76. The molecule has 0 radical (unpaired) electrons. The summed E-state index contributed by atoms with van der Waals surface area (Å²) in [6, 6.07) is 1.66. The number of carbonyl (C=O) groups is 1. The summed E-state index contributed by atoms with van der Waals surface area (Å²) in [7, 11) is 0. The third kappa shape index (κ3) is 3.13. The maximum atomic E-state index is 11.9. The van der Waals surface area contributed by atoms with Crippen molar-refractivity contribution < 1.29 is 4.79 Å². The molecule has 4 nitrogen and oxygen atoms in total. The summed E-state index contributed by atoms with van der Waals surface area (Å²) in [5.74, 6) is 0.527. The molecule has 1 aliphatic rings. The van der Waals surface area contributed by atoms with Gasteiger partial charge in [0, 0.05) is 18.3 Å². The van der Waals surface area contributed by atoms with Gasteiger partial charge in [0.05, 0.1) is 10.6 Å². The number of amides is 1. The van der Waals surface area contributed by atoms with Gasteiger partial charge in [-0.2, -0.15) is 0 Å². The van der Waals surface area contributed by atoms with Gasteiger partial charge < -0.3 is 10.6 Å². The van der Waals surface area contributed by atoms with Gasteiger partial charge in [0.15, 0.2) is 0 Å². The number of anilines is 1. The molecular formula is C13H18ClN3O. The first-order valence-electron chi connectivity index (χ1n) is 6.26. The minimum atomic E-state index is -0.105. The lowest BCUT2D eigenvalue weighted by Gasteiger charge is -2.12. The Hall–Kier alpha value is -1.29. The number of rotatable bonds is 5. The summed E-state index contributed by atoms with van der Waals surface area (Å²) >= 11 is 6.09. The molecule has 98 valence electrons. The average Bonchev–Trinajstić information content (AvgIpc) is 3.05. The molecule has 0 bridgehead atoms. The number of pyridine rings is 1. The topological polar surface area (TPSA) is 54.0 Å². The van der Waals surface area contributed by atoms with E-state index in [1.54, 1.807) is 12.3 Å². The fourth-order valence-corrected chi connectivity index (χ4v) is 1.83. The molecule has 1 amide bonds. The minimum absolute atomic E-state index is 0.0251. The lowest BCUT2D eigenvalue weighted by atomic mass is 10.2. The summed E-state index contributed by atoms with van der Waals surface area (Å²) < 4.78 is 0. The molecule has 1 aromatic heterocycles. The van der Waals surface area contributed by atoms with E-state index in [9.17, 15) is 4.79 Å². The highest BCUT2D eigenvalue weighted by atomic mass is 35.5. The maximum Gasteiger partial charge on any atom is 0.253 e. The van der Waals surface area contributed by atoms with Gasteiger partial charge in [-0.05, 0) is 32.3 Å². The molecule has 1 fully saturated rings. The van der Waals surface area contributed by atoms with E-state index in [0.717, 1.165) is 25.8 Å². The number of hydrogen-bond acceptors (Lipinski definition) is 3. The van der Waals surface area contributed by atoms with Crippen LogP contribution in [-0.4, -0.2) is 23.0 Å². The Morgan fingerprint density at radius 1 is 1.56 bits per heavy atom. The Morgan fingerprint density at radius 2 is 2.28 bits per heavy atom. The van der Waals surface area contributed by atoms with Crippen molar-refractivity contribution in [2.45, 2.75) is 38.6 Å². The molecule has 18 heavy (non-hydrogen) atoms. The van der Waals surface area contributed by atoms with Crippen LogP contribution in [0.2, 0.25) is 5.02 Å². The van der Waals surface area contributed by atoms with E-state index in [0.29, 0.717) is 16.4 Å². The average molecular weight is 268 g/mol. The molecule has 0 aliphatic heterocycles. The van der Waals surface area contributed by atoms with Crippen LogP contribution in [-0.2, 0) is 0 Å². The van der Waals surface area contributed by atoms with E-state index >= 15 is 0 Å². The van der Waals surface area contributed by atoms with Gasteiger partial charge in [0.1, 0.15) is 5.82 Å². The van der Waals surface area contributed by atoms with Gasteiger partial charge in [-0.25, -0.2) is 4.98 Å². The predicted molar refractivity (Wildman–Crippen MR) is 73.1 cm³/mol. The van der Waals surface area contributed by atoms with Gasteiger partial charge >= 0.3 is 0 Å². The van der Waals surface area contributed by atoms with Crippen molar-refractivity contribution in [2.75, 3.05) is 11.9 Å². The van der Waals surface area contributed by atoms with Gasteiger partial charge in [-0.1, -0.05) is 18.5 Å². The second-order valence-electron chi connectivity index (χ2n) is 5.00. The summed E-state index contributed by atoms with van der Waals surface area (Å²) in [5, 5.41) is 6.58. The fourth-order valence-electron chi connectivity index (χ4n) is 1.59. The van der Waals surface area contributed by atoms with Crippen LogP contribution >= 0.6 is 11.6 Å². The third-order valence-electron chi connectivity index (χ3n) is 3.06. The van der Waals surface area contributed by atoms with Crippen LogP contribution in [0.1, 0.15) is 43.5 Å². The quantitative estimate of drug-likeness (QED) is 0.863. The Bertz CT molecular complexity index is 458. The smallest absolute Gasteiger partial charge is 0.253 e. The van der Waals surface area contributed by atoms with Crippen LogP contribution in [0, 0.1) is 0 Å². The molecule has 5 heteroatoms. The summed E-state index contributed by atoms with van der Waals surface area (Å²) in [4.78, 5) is 16.1. The predicted octanol–water partition coefficient (Wildman–Crippen LogP) is 2.84. The van der Waals surface area contributed by atoms with Crippen LogP contribution < -0.4 is 10.6 Å². The van der Waals surface area contributed by atoms with E-state index in [4.69, 9.17) is 11.6 Å². The molecular weight excluding hydrogens is 250 g/mol. The van der Waals surface area contributed by atoms with Gasteiger partial charge in [0.2, 0.25) is 0 Å². The highest BCUT2D eigenvalue weighted by Crippen LogP contribution is 2.34. The largest absolute Gasteiger partial charge is 0.369 e. The lowest BCUT2D eigenvalue weighted by molar-refractivity contribution is 0.0935. The zero-order valence-corrected chi connectivity index (χ0v) is 11.5. The monoisotopic (exact) mass is 267 g/mol. The molecule has 1 aromatic rings. The second kappa shape index (κ2) is 5.14. The molecule has 0 spiro atoms. The van der Waals surface area contributed by atoms with Crippen molar-refractivity contribution in [3.63, 3.8) is 0 Å². The first kappa shape index (κ1) is 13.1. The third-order valence-corrected chi connectivity index (χ3v) is 3.35. The fraction of sp³-hybridized carbons (Fsp3) is 0.538. The van der Waals surface area contributed by atoms with Gasteiger partial charge in [-0.15, -0.1) is 0 Å². The molecule has 0 atom stereocenters. The molecule has 1 saturated carbocycles. The molecule has 2 N–H and O–H groups in total. The Balaban J connectivity index is 2.05. The first-order valence-corrected chi connectivity index (χ1v) is 6.64. The first-order chi connectivity index (χ1) is 8.54. The van der Waals surface area contributed by atoms with Crippen LogP contribution in [0.4, 0.5) is 5.82 Å². The van der Waals surface area contributed by atoms with Gasteiger partial charge in [-0.3, -0.25) is 4.79 Å². The van der Waals surface area contributed by atoms with Crippen molar-refractivity contribution in [1.82, 2.24) is 10.3 Å². The van der Waals surface area contributed by atoms with E-state index in [1.807, 2.05) is 6.92 Å². The van der Waals surface area contributed by atoms with E-state index in [2.05, 4.69) is 22.5 Å². The molecule has 0 saturated heterocycles. The zero-order chi connectivity index (χ0) is 13.2. The number of hydrogen-bond donors (Lipinski definition) is 2. The summed E-state index contributed by atoms with van der Waals surface area (Å²) in [5.41, 5.74) is 0.484. The molecule has 1 aliphatic carbocycles. The second-order valence-corrected chi connectivity index (χ2v) is 5.40. The maximum absolute atomic E-state index is 11.9. The van der Waals surface area contributed by atoms with Crippen LogP contribution in [0.3, 0.4) is 0 Å². The molecule has 1 heterocycles. The highest BCUT2D eigenvalue weighted by Gasteiger charge is 2.38. The summed E-state index contributed by atoms with van der Waals surface area (Å²) in [6.07, 6.45) is 4.63. The van der Waals surface area contributed by atoms with Crippen molar-refractivity contribution in [3.8, 4) is 0 Å². The lowest BCUT2D eigenvalue weighted by Crippen LogP contribution is -2.34. The summed E-state index contributed by atoms with van der Waals surface area (Å²) in [6.45, 7) is 4.92. The Morgan fingerprint density at radius 3 is 2.83 bits per heavy atom. The van der Waals surface area contributed by atoms with Crippen LogP contribution in [0.5, 0.6) is 0 Å². The van der Waals surface area contributed by atoms with Crippen molar-refractivity contribution in [1.29, 1.82) is 0 Å². The Labute approximate surface area is 112 Å². The number of carbonyl (C=O) groups excluding carboxylic acids is 1. The number of nitrogens with zero attached hydrogens (tertiary/aromatic N) is 1. The number of aromatic nitrogens is 1. The van der Waals surface area contributed by atoms with Crippen LogP contribution in [0.25, 0.3) is 0 Å². The van der Waals surface area contributed by atoms with E-state index in [-0.39, 0.29) is 11.4 Å². The van der Waals surface area contributed by atoms with Crippen molar-refractivity contribution >= 4 is 23.3 Å². The van der Waals surface area contributed by atoms with Crippen molar-refractivity contribution in [3.05, 3.63) is 22.8 Å². The van der Waals surface area contributed by atoms with E-state index in [1.165, 1.54) is 0 Å².